The molecule has 0 heterocycles. The van der Waals surface area contributed by atoms with E-state index >= 15 is 0 Å². The van der Waals surface area contributed by atoms with Crippen LogP contribution >= 0.6 is 0 Å². The minimum absolute atomic E-state index is 0.619. The molecule has 0 unspecified atom stereocenters. The molecule has 0 atom stereocenters. The molecule has 0 saturated carbocycles. The molecule has 2 N–H and O–H groups in total. The van der Waals surface area contributed by atoms with Crippen molar-refractivity contribution >= 4 is 50.6 Å². The normalized spacial score (nSPS) is 12.4. The van der Waals surface area contributed by atoms with Gasteiger partial charge in [0.05, 0.1) is 0 Å². The summed E-state index contributed by atoms with van der Waals surface area (Å²) >= 11 is -10.6. The van der Waals surface area contributed by atoms with Crippen LogP contribution in [0.2, 0.25) is 0 Å². The van der Waals surface area contributed by atoms with E-state index in [-0.39, 0.29) is 0 Å². The van der Waals surface area contributed by atoms with Crippen molar-refractivity contribution in [1.82, 2.24) is 0 Å². The van der Waals surface area contributed by atoms with E-state index in [4.69, 9.17) is 18.9 Å². The monoisotopic (exact) mass is 586 g/mol. The minimum Gasteiger partial charge on any atom is -0.0623 e. The van der Waals surface area contributed by atoms with Gasteiger partial charge in [0.1, 0.15) is 0 Å². The zero-order valence-electron chi connectivity index (χ0n) is 14.4. The van der Waals surface area contributed by atoms with Crippen molar-refractivity contribution in [2.24, 2.45) is 0 Å². The van der Waals surface area contributed by atoms with Gasteiger partial charge in [0.2, 0.25) is 0 Å². The maximum absolute atomic E-state index is 11.8. The van der Waals surface area contributed by atoms with Crippen molar-refractivity contribution in [3.05, 3.63) is 97.1 Å². The Balaban J connectivity index is 0.000000292. The fraction of sp³-hybridized carbons (Fsp3) is 0. The second-order valence-corrected chi connectivity index (χ2v) is 12.4. The van der Waals surface area contributed by atoms with Crippen LogP contribution in [0.5, 0.6) is 0 Å². The topological polar surface area (TPSA) is 118 Å². The van der Waals surface area contributed by atoms with Gasteiger partial charge in [0.15, 0.2) is 0 Å². The van der Waals surface area contributed by atoms with Crippen LogP contribution in [0.15, 0.2) is 97.1 Å². The summed E-state index contributed by atoms with van der Waals surface area (Å²) in [5, 5.41) is 0. The van der Waals surface area contributed by atoms with Gasteiger partial charge in [-0.2, -0.15) is 0 Å². The van der Waals surface area contributed by atoms with Gasteiger partial charge in [-0.3, -0.25) is 0 Å². The van der Waals surface area contributed by atoms with Crippen molar-refractivity contribution in [3.63, 3.8) is 0 Å². The summed E-state index contributed by atoms with van der Waals surface area (Å²) < 4.78 is 62.0. The van der Waals surface area contributed by atoms with E-state index in [0.717, 1.165) is 0 Å². The molecule has 0 aliphatic heterocycles. The molecule has 0 amide bonds. The Morgan fingerprint density at radius 2 is 0.786 bits per heavy atom. The van der Waals surface area contributed by atoms with Gasteiger partial charge in [0, 0.05) is 0 Å². The van der Waals surface area contributed by atoms with Gasteiger partial charge in [-0.25, -0.2) is 0 Å². The molecule has 0 aromatic heterocycles. The quantitative estimate of drug-likeness (QED) is 0.433. The SMILES string of the molecule is O=[Se](=O)(O)O.O=[Se](O[Se](=O)c1ccccc1)c1ccccc1.c1ccccc1. The first-order valence-corrected chi connectivity index (χ1v) is 15.0. The predicted octanol–water partition coefficient (Wildman–Crippen LogP) is 0.609. The molecule has 3 aromatic carbocycles. The number of rotatable bonds is 4. The van der Waals surface area contributed by atoms with E-state index in [9.17, 15) is 7.67 Å². The number of hydrogen-bond donors (Lipinski definition) is 2. The molecule has 10 heteroatoms. The summed E-state index contributed by atoms with van der Waals surface area (Å²) in [6.45, 7) is 0. The van der Waals surface area contributed by atoms with Gasteiger partial charge < -0.3 is 0 Å². The second-order valence-electron chi connectivity index (χ2n) is 4.77. The van der Waals surface area contributed by atoms with Gasteiger partial charge in [0.25, 0.3) is 0 Å². The summed E-state index contributed by atoms with van der Waals surface area (Å²) in [4.78, 5) is 0. The minimum atomic E-state index is -5.25. The Labute approximate surface area is 173 Å². The van der Waals surface area contributed by atoms with Gasteiger partial charge >= 0.3 is 138 Å². The van der Waals surface area contributed by atoms with Crippen LogP contribution in [-0.4, -0.2) is 50.1 Å². The zero-order valence-corrected chi connectivity index (χ0v) is 19.5. The maximum Gasteiger partial charge on any atom is -0.0623 e. The molecule has 0 fully saturated rings. The fourth-order valence-corrected chi connectivity index (χ4v) is 6.68. The summed E-state index contributed by atoms with van der Waals surface area (Å²) in [6.07, 6.45) is 0. The summed E-state index contributed by atoms with van der Waals surface area (Å²) in [5.41, 5.74) is 0. The van der Waals surface area contributed by atoms with E-state index in [1.54, 1.807) is 48.5 Å². The molecule has 3 rings (SSSR count). The van der Waals surface area contributed by atoms with Crippen LogP contribution < -0.4 is 8.92 Å². The van der Waals surface area contributed by atoms with Crippen molar-refractivity contribution in [2.45, 2.75) is 0 Å². The third-order valence-corrected chi connectivity index (χ3v) is 8.63. The largest absolute Gasteiger partial charge is 0.0623 e. The smallest absolute Gasteiger partial charge is 0.0623 e. The van der Waals surface area contributed by atoms with Crippen LogP contribution in [0.1, 0.15) is 0 Å². The van der Waals surface area contributed by atoms with Crippen LogP contribution in [0.3, 0.4) is 0 Å². The van der Waals surface area contributed by atoms with Crippen molar-refractivity contribution in [3.8, 4) is 0 Å². The van der Waals surface area contributed by atoms with E-state index in [1.807, 2.05) is 48.5 Å². The molecule has 0 saturated heterocycles. The molecular formula is C18H18O7Se3. The Morgan fingerprint density at radius 1 is 0.571 bits per heavy atom. The molecule has 28 heavy (non-hydrogen) atoms. The third-order valence-electron chi connectivity index (χ3n) is 2.66. The first kappa shape index (κ1) is 24.3. The second kappa shape index (κ2) is 13.5. The molecule has 3 aromatic rings. The molecule has 0 aliphatic rings. The summed E-state index contributed by atoms with van der Waals surface area (Å²) in [7, 11) is 0. The average Bonchev–Trinajstić information content (AvgIpc) is 2.70. The van der Waals surface area contributed by atoms with E-state index in [0.29, 0.717) is 8.92 Å². The molecule has 0 bridgehead atoms. The van der Waals surface area contributed by atoms with Crippen LogP contribution in [0.25, 0.3) is 0 Å². The Kier molecular flexibility index (Phi) is 11.7. The Morgan fingerprint density at radius 3 is 1.04 bits per heavy atom. The van der Waals surface area contributed by atoms with Crippen molar-refractivity contribution < 1.29 is 26.6 Å². The molecule has 7 nitrogen and oxygen atoms in total. The maximum atomic E-state index is 11.8. The molecular weight excluding hydrogens is 565 g/mol. The number of hydrogen-bond acceptors (Lipinski definition) is 5. The summed E-state index contributed by atoms with van der Waals surface area (Å²) in [5.74, 6) is 0. The van der Waals surface area contributed by atoms with E-state index in [2.05, 4.69) is 0 Å². The standard InChI is InChI=1S/C12H10O3Se2.C6H6.H2O4Se/c13-16(11-7-3-1-4-8-11)15-17(14)12-9-5-2-6-10-12;1-2-4-6-5-3-1;1-5(2,3)4/h1-10H;1-6H;(H2,1,2,3,4). The third kappa shape index (κ3) is 12.6. The molecule has 150 valence electrons. The Bertz CT molecular complexity index is 864. The predicted molar refractivity (Wildman–Crippen MR) is 104 cm³/mol. The van der Waals surface area contributed by atoms with E-state index < -0.39 is 41.7 Å². The van der Waals surface area contributed by atoms with E-state index in [1.165, 1.54) is 0 Å². The van der Waals surface area contributed by atoms with Crippen molar-refractivity contribution in [2.75, 3.05) is 0 Å². The summed E-state index contributed by atoms with van der Waals surface area (Å²) in [6, 6.07) is 29.7. The fourth-order valence-electron chi connectivity index (χ4n) is 1.58. The Hall–Kier alpha value is -1.70. The van der Waals surface area contributed by atoms with Crippen LogP contribution in [-0.2, 0) is 18.2 Å². The van der Waals surface area contributed by atoms with Gasteiger partial charge in [-0.15, -0.1) is 0 Å². The van der Waals surface area contributed by atoms with Crippen molar-refractivity contribution in [1.29, 1.82) is 0 Å². The molecule has 0 spiro atoms. The first-order chi connectivity index (χ1) is 13.3. The average molecular weight is 583 g/mol. The van der Waals surface area contributed by atoms with Gasteiger partial charge in [-0.1, -0.05) is 36.4 Å². The van der Waals surface area contributed by atoms with Crippen LogP contribution in [0.4, 0.5) is 0 Å². The molecule has 0 aliphatic carbocycles. The first-order valence-electron chi connectivity index (χ1n) is 7.59. The van der Waals surface area contributed by atoms with Crippen LogP contribution in [0, 0.1) is 0 Å². The zero-order chi connectivity index (χ0) is 20.8. The molecule has 0 radical (unpaired) electrons. The van der Waals surface area contributed by atoms with Gasteiger partial charge in [-0.05, 0) is 0 Å². The number of benzene rings is 3.